The second-order valence-corrected chi connectivity index (χ2v) is 6.19. The second-order valence-electron chi connectivity index (χ2n) is 6.19. The van der Waals surface area contributed by atoms with Crippen molar-refractivity contribution in [3.05, 3.63) is 73.5 Å². The molecule has 0 saturated heterocycles. The first-order chi connectivity index (χ1) is 13.7. The third-order valence-corrected chi connectivity index (χ3v) is 4.04. The number of aromatic nitrogens is 6. The van der Waals surface area contributed by atoms with Crippen LogP contribution >= 0.6 is 0 Å². The Morgan fingerprint density at radius 3 is 2.64 bits per heavy atom. The standard InChI is InChI=1S/C20H17N7O/c1-14-8-15(4-5-22-14)18-11-27(13-25-18)12-20(28)26-19-3-2-16(9-24-19)17-10-21-6-7-23-17/h2-11,13H,12H2,1H3,(H,24,26,28). The van der Waals surface area contributed by atoms with E-state index in [1.807, 2.05) is 31.3 Å². The van der Waals surface area contributed by atoms with Gasteiger partial charge in [-0.25, -0.2) is 9.97 Å². The first kappa shape index (κ1) is 17.5. The van der Waals surface area contributed by atoms with E-state index in [9.17, 15) is 4.79 Å². The topological polar surface area (TPSA) is 98.5 Å². The molecule has 4 heterocycles. The molecule has 0 aliphatic carbocycles. The smallest absolute Gasteiger partial charge is 0.245 e. The highest BCUT2D eigenvalue weighted by Gasteiger charge is 2.08. The minimum Gasteiger partial charge on any atom is -0.327 e. The lowest BCUT2D eigenvalue weighted by atomic mass is 10.2. The Labute approximate surface area is 161 Å². The van der Waals surface area contributed by atoms with Gasteiger partial charge in [0.1, 0.15) is 12.4 Å². The van der Waals surface area contributed by atoms with Crippen molar-refractivity contribution in [1.82, 2.24) is 29.5 Å². The van der Waals surface area contributed by atoms with E-state index in [0.717, 1.165) is 28.2 Å². The summed E-state index contributed by atoms with van der Waals surface area (Å²) in [5.41, 5.74) is 4.24. The van der Waals surface area contributed by atoms with E-state index in [4.69, 9.17) is 0 Å². The van der Waals surface area contributed by atoms with E-state index in [1.54, 1.807) is 47.9 Å². The molecular formula is C20H17N7O. The molecule has 8 nitrogen and oxygen atoms in total. The molecule has 0 aromatic carbocycles. The molecular weight excluding hydrogens is 354 g/mol. The van der Waals surface area contributed by atoms with Crippen LogP contribution in [-0.4, -0.2) is 35.4 Å². The van der Waals surface area contributed by atoms with Crippen molar-refractivity contribution in [3.8, 4) is 22.5 Å². The molecule has 0 aliphatic heterocycles. The number of carbonyl (C=O) groups excluding carboxylic acids is 1. The number of amides is 1. The van der Waals surface area contributed by atoms with Crippen LogP contribution in [0.2, 0.25) is 0 Å². The number of imidazole rings is 1. The molecule has 1 amide bonds. The predicted molar refractivity (Wildman–Crippen MR) is 104 cm³/mol. The van der Waals surface area contributed by atoms with E-state index in [-0.39, 0.29) is 12.5 Å². The average Bonchev–Trinajstić information content (AvgIpc) is 3.17. The molecule has 0 fully saturated rings. The first-order valence-electron chi connectivity index (χ1n) is 8.64. The van der Waals surface area contributed by atoms with Crippen molar-refractivity contribution in [1.29, 1.82) is 0 Å². The van der Waals surface area contributed by atoms with Crippen LogP contribution in [-0.2, 0) is 11.3 Å². The lowest BCUT2D eigenvalue weighted by Crippen LogP contribution is -2.18. The number of rotatable bonds is 5. The highest BCUT2D eigenvalue weighted by molar-refractivity contribution is 5.89. The summed E-state index contributed by atoms with van der Waals surface area (Å²) in [7, 11) is 0. The van der Waals surface area contributed by atoms with Gasteiger partial charge in [-0.15, -0.1) is 0 Å². The van der Waals surface area contributed by atoms with Crippen molar-refractivity contribution in [3.63, 3.8) is 0 Å². The SMILES string of the molecule is Cc1cc(-c2cn(CC(=O)Nc3ccc(-c4cnccn4)cn3)cn2)ccn1. The highest BCUT2D eigenvalue weighted by atomic mass is 16.2. The predicted octanol–water partition coefficient (Wildman–Crippen LogP) is 2.74. The molecule has 28 heavy (non-hydrogen) atoms. The lowest BCUT2D eigenvalue weighted by molar-refractivity contribution is -0.116. The largest absolute Gasteiger partial charge is 0.327 e. The molecule has 0 bridgehead atoms. The second kappa shape index (κ2) is 7.75. The van der Waals surface area contributed by atoms with Gasteiger partial charge < -0.3 is 9.88 Å². The van der Waals surface area contributed by atoms with Gasteiger partial charge in [0.25, 0.3) is 0 Å². The number of hydrogen-bond donors (Lipinski definition) is 1. The van der Waals surface area contributed by atoms with Gasteiger partial charge >= 0.3 is 0 Å². The van der Waals surface area contributed by atoms with Gasteiger partial charge in [0.2, 0.25) is 5.91 Å². The molecule has 0 unspecified atom stereocenters. The molecule has 0 saturated carbocycles. The normalized spacial score (nSPS) is 10.6. The van der Waals surface area contributed by atoms with Crippen LogP contribution in [0.4, 0.5) is 5.82 Å². The maximum Gasteiger partial charge on any atom is 0.245 e. The van der Waals surface area contributed by atoms with Crippen LogP contribution in [0.15, 0.2) is 67.8 Å². The fraction of sp³-hybridized carbons (Fsp3) is 0.100. The van der Waals surface area contributed by atoms with Crippen LogP contribution < -0.4 is 5.32 Å². The van der Waals surface area contributed by atoms with Crippen molar-refractivity contribution < 1.29 is 4.79 Å². The van der Waals surface area contributed by atoms with E-state index in [2.05, 4.69) is 30.2 Å². The van der Waals surface area contributed by atoms with Gasteiger partial charge in [-0.1, -0.05) is 0 Å². The average molecular weight is 371 g/mol. The Bertz CT molecular complexity index is 1090. The van der Waals surface area contributed by atoms with Crippen molar-refractivity contribution in [2.75, 3.05) is 5.32 Å². The van der Waals surface area contributed by atoms with E-state index < -0.39 is 0 Å². The van der Waals surface area contributed by atoms with Crippen molar-refractivity contribution >= 4 is 11.7 Å². The summed E-state index contributed by atoms with van der Waals surface area (Å²) in [6, 6.07) is 7.42. The molecule has 0 radical (unpaired) electrons. The summed E-state index contributed by atoms with van der Waals surface area (Å²) in [4.78, 5) is 33.4. The summed E-state index contributed by atoms with van der Waals surface area (Å²) in [6.45, 7) is 2.07. The van der Waals surface area contributed by atoms with Crippen LogP contribution in [0.1, 0.15) is 5.69 Å². The fourth-order valence-electron chi connectivity index (χ4n) is 2.72. The van der Waals surface area contributed by atoms with Gasteiger partial charge in [0, 0.05) is 47.8 Å². The molecule has 1 N–H and O–H groups in total. The first-order valence-corrected chi connectivity index (χ1v) is 8.64. The summed E-state index contributed by atoms with van der Waals surface area (Å²) in [5.74, 6) is 0.289. The minimum atomic E-state index is -0.186. The molecule has 0 spiro atoms. The fourth-order valence-corrected chi connectivity index (χ4v) is 2.72. The zero-order valence-corrected chi connectivity index (χ0v) is 15.1. The maximum atomic E-state index is 12.3. The number of carbonyl (C=O) groups is 1. The molecule has 0 aliphatic rings. The minimum absolute atomic E-state index is 0.144. The molecule has 4 aromatic heterocycles. The summed E-state index contributed by atoms with van der Waals surface area (Å²) < 4.78 is 1.73. The van der Waals surface area contributed by atoms with E-state index >= 15 is 0 Å². The van der Waals surface area contributed by atoms with Crippen molar-refractivity contribution in [2.45, 2.75) is 13.5 Å². The maximum absolute atomic E-state index is 12.3. The number of pyridine rings is 2. The quantitative estimate of drug-likeness (QED) is 0.579. The third kappa shape index (κ3) is 4.07. The number of nitrogens with zero attached hydrogens (tertiary/aromatic N) is 6. The molecule has 0 atom stereocenters. The van der Waals surface area contributed by atoms with Gasteiger partial charge in [0.05, 0.1) is 23.9 Å². The molecule has 8 heteroatoms. The Hall–Kier alpha value is -3.94. The molecule has 4 aromatic rings. The molecule has 4 rings (SSSR count). The summed E-state index contributed by atoms with van der Waals surface area (Å²) in [5, 5.41) is 2.78. The highest BCUT2D eigenvalue weighted by Crippen LogP contribution is 2.18. The Morgan fingerprint density at radius 1 is 0.964 bits per heavy atom. The number of aryl methyl sites for hydroxylation is 1. The van der Waals surface area contributed by atoms with Gasteiger partial charge in [0.15, 0.2) is 0 Å². The van der Waals surface area contributed by atoms with Gasteiger partial charge in [-0.3, -0.25) is 19.7 Å². The summed E-state index contributed by atoms with van der Waals surface area (Å²) in [6.07, 6.45) is 11.8. The van der Waals surface area contributed by atoms with Gasteiger partial charge in [-0.2, -0.15) is 0 Å². The van der Waals surface area contributed by atoms with Crippen LogP contribution in [0.3, 0.4) is 0 Å². The Kier molecular flexibility index (Phi) is 4.83. The Balaban J connectivity index is 1.39. The Morgan fingerprint density at radius 2 is 1.89 bits per heavy atom. The summed E-state index contributed by atoms with van der Waals surface area (Å²) >= 11 is 0. The lowest BCUT2D eigenvalue weighted by Gasteiger charge is -2.06. The molecule has 138 valence electrons. The number of anilines is 1. The monoisotopic (exact) mass is 371 g/mol. The van der Waals surface area contributed by atoms with E-state index in [0.29, 0.717) is 5.82 Å². The number of hydrogen-bond acceptors (Lipinski definition) is 6. The van der Waals surface area contributed by atoms with Crippen LogP contribution in [0.25, 0.3) is 22.5 Å². The van der Waals surface area contributed by atoms with E-state index in [1.165, 1.54) is 0 Å². The van der Waals surface area contributed by atoms with Gasteiger partial charge in [-0.05, 0) is 31.2 Å². The van der Waals surface area contributed by atoms with Crippen LogP contribution in [0, 0.1) is 6.92 Å². The zero-order chi connectivity index (χ0) is 19.3. The number of nitrogens with one attached hydrogen (secondary N) is 1. The van der Waals surface area contributed by atoms with Crippen molar-refractivity contribution in [2.24, 2.45) is 0 Å². The zero-order valence-electron chi connectivity index (χ0n) is 15.1. The third-order valence-electron chi connectivity index (χ3n) is 4.04. The van der Waals surface area contributed by atoms with Crippen LogP contribution in [0.5, 0.6) is 0 Å².